The van der Waals surface area contributed by atoms with Crippen LogP contribution in [0.25, 0.3) is 10.9 Å². The Kier molecular flexibility index (Phi) is 4.08. The van der Waals surface area contributed by atoms with E-state index in [-0.39, 0.29) is 12.6 Å². The number of nitrogens with one attached hydrogen (secondary N) is 1. The summed E-state index contributed by atoms with van der Waals surface area (Å²) in [5.74, 6) is -0.727. The van der Waals surface area contributed by atoms with E-state index in [0.29, 0.717) is 6.42 Å². The molecular weight excluding hydrogens is 204 g/mol. The van der Waals surface area contributed by atoms with Crippen molar-refractivity contribution in [1.82, 2.24) is 11.1 Å². The molecule has 4 heteroatoms. The van der Waals surface area contributed by atoms with Gasteiger partial charge in [-0.2, -0.15) is 0 Å². The van der Waals surface area contributed by atoms with Gasteiger partial charge in [-0.3, -0.25) is 4.79 Å². The summed E-state index contributed by atoms with van der Waals surface area (Å²) in [7, 11) is 0. The summed E-state index contributed by atoms with van der Waals surface area (Å²) in [6.07, 6.45) is 3.71. The summed E-state index contributed by atoms with van der Waals surface area (Å²) in [6, 6.07) is 8.06. The molecule has 2 aromatic rings. The van der Waals surface area contributed by atoms with Gasteiger partial charge in [-0.05, 0) is 24.5 Å². The fourth-order valence-corrected chi connectivity index (χ4v) is 1.77. The number of aryl methyl sites for hydroxylation is 1. The van der Waals surface area contributed by atoms with Crippen molar-refractivity contribution in [2.24, 2.45) is 0 Å². The summed E-state index contributed by atoms with van der Waals surface area (Å²) < 4.78 is 0. The van der Waals surface area contributed by atoms with Gasteiger partial charge in [-0.1, -0.05) is 18.2 Å². The molecular formula is C12H16N2O2. The number of hydrogen-bond donors (Lipinski definition) is 3. The normalized spacial score (nSPS) is 10.0. The molecule has 1 heterocycles. The van der Waals surface area contributed by atoms with Gasteiger partial charge in [-0.15, -0.1) is 0 Å². The first-order valence-corrected chi connectivity index (χ1v) is 5.04. The lowest BCUT2D eigenvalue weighted by atomic mass is 10.1. The highest BCUT2D eigenvalue weighted by Gasteiger charge is 2.03. The maximum absolute atomic E-state index is 10.4. The summed E-state index contributed by atoms with van der Waals surface area (Å²) in [5.41, 5.74) is 2.31. The molecule has 0 aliphatic heterocycles. The van der Waals surface area contributed by atoms with Gasteiger partial charge < -0.3 is 16.2 Å². The second-order valence-electron chi connectivity index (χ2n) is 3.61. The van der Waals surface area contributed by atoms with E-state index in [4.69, 9.17) is 5.11 Å². The van der Waals surface area contributed by atoms with Crippen molar-refractivity contribution in [3.05, 3.63) is 36.0 Å². The summed E-state index contributed by atoms with van der Waals surface area (Å²) >= 11 is 0. The van der Waals surface area contributed by atoms with E-state index in [0.717, 1.165) is 11.9 Å². The molecule has 1 aromatic heterocycles. The Bertz CT molecular complexity index is 477. The first kappa shape index (κ1) is 12.3. The predicted molar refractivity (Wildman–Crippen MR) is 63.9 cm³/mol. The topological polar surface area (TPSA) is 88.1 Å². The van der Waals surface area contributed by atoms with E-state index in [9.17, 15) is 4.79 Å². The van der Waals surface area contributed by atoms with Crippen LogP contribution in [0.4, 0.5) is 0 Å². The molecule has 0 bridgehead atoms. The van der Waals surface area contributed by atoms with Crippen LogP contribution in [0.1, 0.15) is 18.4 Å². The average Bonchev–Trinajstić information content (AvgIpc) is 2.62. The Balaban J connectivity index is 0.00000128. The number of carboxylic acid groups (broad SMARTS) is 1. The largest absolute Gasteiger partial charge is 0.481 e. The maximum Gasteiger partial charge on any atom is 0.303 e. The SMILES string of the molecule is N.O=C(O)CCCc1c[nH]c2ccccc12. The molecule has 0 fully saturated rings. The van der Waals surface area contributed by atoms with Crippen LogP contribution in [0.5, 0.6) is 0 Å². The number of benzene rings is 1. The average molecular weight is 220 g/mol. The van der Waals surface area contributed by atoms with Gasteiger partial charge >= 0.3 is 5.97 Å². The van der Waals surface area contributed by atoms with Gasteiger partial charge in [0.2, 0.25) is 0 Å². The number of rotatable bonds is 4. The molecule has 5 N–H and O–H groups in total. The third-order valence-electron chi connectivity index (χ3n) is 2.51. The molecule has 0 unspecified atom stereocenters. The quantitative estimate of drug-likeness (QED) is 0.740. The zero-order valence-corrected chi connectivity index (χ0v) is 9.07. The Morgan fingerprint density at radius 3 is 2.81 bits per heavy atom. The molecule has 4 nitrogen and oxygen atoms in total. The Hall–Kier alpha value is -1.81. The van der Waals surface area contributed by atoms with Gasteiger partial charge in [0.25, 0.3) is 0 Å². The maximum atomic E-state index is 10.4. The van der Waals surface area contributed by atoms with E-state index >= 15 is 0 Å². The minimum Gasteiger partial charge on any atom is -0.481 e. The van der Waals surface area contributed by atoms with E-state index < -0.39 is 5.97 Å². The lowest BCUT2D eigenvalue weighted by Crippen LogP contribution is -1.95. The zero-order chi connectivity index (χ0) is 10.7. The minimum absolute atomic E-state index is 0. The molecule has 0 saturated carbocycles. The second kappa shape index (κ2) is 5.32. The smallest absolute Gasteiger partial charge is 0.303 e. The van der Waals surface area contributed by atoms with Crippen LogP contribution >= 0.6 is 0 Å². The molecule has 0 spiro atoms. The summed E-state index contributed by atoms with van der Waals surface area (Å²) in [4.78, 5) is 13.6. The molecule has 86 valence electrons. The number of aromatic amines is 1. The highest BCUT2D eigenvalue weighted by atomic mass is 16.4. The Labute approximate surface area is 93.9 Å². The van der Waals surface area contributed by atoms with Gasteiger partial charge in [0.1, 0.15) is 0 Å². The third kappa shape index (κ3) is 2.61. The predicted octanol–water partition coefficient (Wildman–Crippen LogP) is 2.74. The van der Waals surface area contributed by atoms with E-state index in [1.807, 2.05) is 24.4 Å². The van der Waals surface area contributed by atoms with Crippen LogP contribution in [-0.4, -0.2) is 16.1 Å². The molecule has 1 aromatic carbocycles. The molecule has 2 rings (SSSR count). The van der Waals surface area contributed by atoms with Crippen molar-refractivity contribution >= 4 is 16.9 Å². The third-order valence-corrected chi connectivity index (χ3v) is 2.51. The first-order valence-electron chi connectivity index (χ1n) is 5.04. The van der Waals surface area contributed by atoms with Crippen LogP contribution in [-0.2, 0) is 11.2 Å². The Morgan fingerprint density at radius 2 is 2.06 bits per heavy atom. The molecule has 0 atom stereocenters. The highest BCUT2D eigenvalue weighted by molar-refractivity contribution is 5.83. The van der Waals surface area contributed by atoms with Crippen molar-refractivity contribution in [2.75, 3.05) is 0 Å². The number of aliphatic carboxylic acids is 1. The number of H-pyrrole nitrogens is 1. The minimum atomic E-state index is -0.727. The number of hydrogen-bond acceptors (Lipinski definition) is 2. The Morgan fingerprint density at radius 1 is 1.31 bits per heavy atom. The first-order chi connectivity index (χ1) is 7.27. The number of para-hydroxylation sites is 1. The van der Waals surface area contributed by atoms with Crippen LogP contribution < -0.4 is 6.15 Å². The van der Waals surface area contributed by atoms with E-state index in [1.54, 1.807) is 0 Å². The zero-order valence-electron chi connectivity index (χ0n) is 9.07. The fourth-order valence-electron chi connectivity index (χ4n) is 1.77. The van der Waals surface area contributed by atoms with Crippen LogP contribution in [0, 0.1) is 0 Å². The van der Waals surface area contributed by atoms with Crippen molar-refractivity contribution in [3.8, 4) is 0 Å². The van der Waals surface area contributed by atoms with E-state index in [2.05, 4.69) is 11.1 Å². The molecule has 0 saturated heterocycles. The molecule has 0 amide bonds. The van der Waals surface area contributed by atoms with Crippen LogP contribution in [0.3, 0.4) is 0 Å². The second-order valence-corrected chi connectivity index (χ2v) is 3.61. The van der Waals surface area contributed by atoms with Crippen LogP contribution in [0.2, 0.25) is 0 Å². The summed E-state index contributed by atoms with van der Waals surface area (Å²) in [6.45, 7) is 0. The standard InChI is InChI=1S/C12H13NO2.H3N/c14-12(15)7-3-4-9-8-13-11-6-2-1-5-10(9)11;/h1-2,5-6,8,13H,3-4,7H2,(H,14,15);1H3. The number of aromatic nitrogens is 1. The molecule has 0 aliphatic rings. The van der Waals surface area contributed by atoms with Crippen molar-refractivity contribution in [2.45, 2.75) is 19.3 Å². The van der Waals surface area contributed by atoms with Gasteiger partial charge in [0.05, 0.1) is 0 Å². The monoisotopic (exact) mass is 220 g/mol. The lowest BCUT2D eigenvalue weighted by molar-refractivity contribution is -0.137. The highest BCUT2D eigenvalue weighted by Crippen LogP contribution is 2.19. The van der Waals surface area contributed by atoms with E-state index in [1.165, 1.54) is 10.9 Å². The van der Waals surface area contributed by atoms with Gasteiger partial charge in [0, 0.05) is 23.5 Å². The number of carboxylic acids is 1. The van der Waals surface area contributed by atoms with Crippen molar-refractivity contribution < 1.29 is 9.90 Å². The number of fused-ring (bicyclic) bond motifs is 1. The van der Waals surface area contributed by atoms with Crippen molar-refractivity contribution in [3.63, 3.8) is 0 Å². The summed E-state index contributed by atoms with van der Waals surface area (Å²) in [5, 5.41) is 9.74. The van der Waals surface area contributed by atoms with Gasteiger partial charge in [-0.25, -0.2) is 0 Å². The molecule has 0 radical (unpaired) electrons. The molecule has 0 aliphatic carbocycles. The number of carbonyl (C=O) groups is 1. The fraction of sp³-hybridized carbons (Fsp3) is 0.250. The van der Waals surface area contributed by atoms with Crippen molar-refractivity contribution in [1.29, 1.82) is 0 Å². The van der Waals surface area contributed by atoms with Gasteiger partial charge in [0.15, 0.2) is 0 Å². The molecule has 16 heavy (non-hydrogen) atoms. The van der Waals surface area contributed by atoms with Crippen LogP contribution in [0.15, 0.2) is 30.5 Å². The lowest BCUT2D eigenvalue weighted by Gasteiger charge is -1.96.